The van der Waals surface area contributed by atoms with Gasteiger partial charge in [0.2, 0.25) is 11.8 Å². The summed E-state index contributed by atoms with van der Waals surface area (Å²) in [5, 5.41) is 3.82. The van der Waals surface area contributed by atoms with Crippen molar-refractivity contribution in [3.63, 3.8) is 0 Å². The van der Waals surface area contributed by atoms with Crippen LogP contribution < -0.4 is 9.80 Å². The molecule has 0 radical (unpaired) electrons. The number of aryl methyl sites for hydroxylation is 4. The molecule has 4 aromatic rings. The van der Waals surface area contributed by atoms with Gasteiger partial charge in [0.1, 0.15) is 12.1 Å². The molecule has 0 aliphatic carbocycles. The summed E-state index contributed by atoms with van der Waals surface area (Å²) in [4.78, 5) is 61.2. The van der Waals surface area contributed by atoms with Crippen molar-refractivity contribution in [3.8, 4) is 0 Å². The number of hydrazine groups is 1. The topological polar surface area (TPSA) is 81.2 Å². The maximum absolute atomic E-state index is 14.7. The van der Waals surface area contributed by atoms with Crippen molar-refractivity contribution in [3.05, 3.63) is 127 Å². The van der Waals surface area contributed by atoms with Crippen molar-refractivity contribution in [1.29, 1.82) is 0 Å². The predicted molar refractivity (Wildman–Crippen MR) is 189 cm³/mol. The third kappa shape index (κ3) is 4.46. The molecule has 0 bridgehead atoms. The Morgan fingerprint density at radius 3 is 1.12 bits per heavy atom. The minimum Gasteiger partial charge on any atom is -0.274 e. The zero-order valence-corrected chi connectivity index (χ0v) is 29.9. The van der Waals surface area contributed by atoms with E-state index in [4.69, 9.17) is 0 Å². The highest BCUT2D eigenvalue weighted by Crippen LogP contribution is 2.60. The number of anilines is 2. The Balaban J connectivity index is 1.33. The lowest BCUT2D eigenvalue weighted by atomic mass is 9.84. The monoisotopic (exact) mass is 766 g/mol. The van der Waals surface area contributed by atoms with Crippen molar-refractivity contribution in [2.45, 2.75) is 51.9 Å². The van der Waals surface area contributed by atoms with E-state index in [1.54, 1.807) is 0 Å². The Hall–Kier alpha value is -3.96. The molecule has 8 nitrogen and oxygen atoms in total. The molecule has 48 heavy (non-hydrogen) atoms. The van der Waals surface area contributed by atoms with E-state index >= 15 is 0 Å². The standard InChI is InChI=1S/C38H32Br2N4O4/c1-19-5-15-27(17-21(19)3)41-35(45)29-31(23-7-11-25(39)12-8-23)44-34-30(36(46)42(38(34)48)28-16-6-20(2)22(4)18-28)32(43(44)33(29)37(41)47)24-9-13-26(40)14-10-24/h5-18,29-34H,1-4H3. The van der Waals surface area contributed by atoms with Crippen LogP contribution in [0.3, 0.4) is 0 Å². The third-order valence-corrected chi connectivity index (χ3v) is 11.7. The van der Waals surface area contributed by atoms with Crippen LogP contribution in [0.4, 0.5) is 11.4 Å². The molecule has 6 atom stereocenters. The summed E-state index contributed by atoms with van der Waals surface area (Å²) in [6.45, 7) is 7.90. The van der Waals surface area contributed by atoms with E-state index in [0.717, 1.165) is 42.3 Å². The quantitative estimate of drug-likeness (QED) is 0.211. The van der Waals surface area contributed by atoms with Crippen LogP contribution in [0.2, 0.25) is 0 Å². The number of amides is 4. The van der Waals surface area contributed by atoms with Crippen molar-refractivity contribution in [1.82, 2.24) is 10.0 Å². The molecular weight excluding hydrogens is 736 g/mol. The molecule has 242 valence electrons. The van der Waals surface area contributed by atoms with Gasteiger partial charge in [0, 0.05) is 8.95 Å². The summed E-state index contributed by atoms with van der Waals surface area (Å²) in [5.74, 6) is -2.96. The molecule has 10 heteroatoms. The fourth-order valence-corrected chi connectivity index (χ4v) is 8.58. The number of benzene rings is 4. The Morgan fingerprint density at radius 1 is 0.438 bits per heavy atom. The number of carbonyl (C=O) groups is 4. The molecule has 0 saturated carbocycles. The molecule has 6 unspecified atom stereocenters. The van der Waals surface area contributed by atoms with Crippen molar-refractivity contribution >= 4 is 66.9 Å². The first-order valence-corrected chi connectivity index (χ1v) is 17.5. The Morgan fingerprint density at radius 2 is 0.792 bits per heavy atom. The van der Waals surface area contributed by atoms with Gasteiger partial charge in [0.15, 0.2) is 0 Å². The van der Waals surface area contributed by atoms with E-state index in [2.05, 4.69) is 31.9 Å². The van der Waals surface area contributed by atoms with Crippen LogP contribution in [-0.4, -0.2) is 45.7 Å². The predicted octanol–water partition coefficient (Wildman–Crippen LogP) is 6.89. The number of halogens is 2. The highest BCUT2D eigenvalue weighted by Gasteiger charge is 2.73. The minimum absolute atomic E-state index is 0.315. The summed E-state index contributed by atoms with van der Waals surface area (Å²) in [6, 6.07) is 23.4. The molecule has 4 aliphatic heterocycles. The maximum Gasteiger partial charge on any atom is 0.253 e. The summed E-state index contributed by atoms with van der Waals surface area (Å²) < 4.78 is 1.73. The van der Waals surface area contributed by atoms with Crippen molar-refractivity contribution in [2.24, 2.45) is 11.8 Å². The van der Waals surface area contributed by atoms with Crippen LogP contribution >= 0.6 is 31.9 Å². The normalized spacial score (nSPS) is 26.9. The van der Waals surface area contributed by atoms with Crippen LogP contribution in [-0.2, 0) is 19.2 Å². The third-order valence-electron chi connectivity index (χ3n) is 10.6. The zero-order valence-electron chi connectivity index (χ0n) is 26.7. The lowest BCUT2D eigenvalue weighted by Crippen LogP contribution is -2.50. The molecule has 4 saturated heterocycles. The fourth-order valence-electron chi connectivity index (χ4n) is 8.06. The number of imide groups is 2. The second-order valence-corrected chi connectivity index (χ2v) is 15.1. The van der Waals surface area contributed by atoms with E-state index < -0.39 is 36.0 Å². The smallest absolute Gasteiger partial charge is 0.253 e. The van der Waals surface area contributed by atoms with E-state index in [9.17, 15) is 19.2 Å². The average Bonchev–Trinajstić information content (AvgIpc) is 3.72. The lowest BCUT2D eigenvalue weighted by Gasteiger charge is -2.36. The summed E-state index contributed by atoms with van der Waals surface area (Å²) in [5.41, 5.74) is 6.70. The summed E-state index contributed by atoms with van der Waals surface area (Å²) in [6.07, 6.45) is 0. The van der Waals surface area contributed by atoms with Gasteiger partial charge < -0.3 is 0 Å². The SMILES string of the molecule is Cc1ccc(N2C(=O)C3C(C2=O)N2C(c4ccc(Br)cc4)C4C(=O)N(c5ccc(C)c(C)c5)C(=O)C4N2C3c2ccc(Br)cc2)cc1C. The highest BCUT2D eigenvalue weighted by atomic mass is 79.9. The second-order valence-electron chi connectivity index (χ2n) is 13.3. The van der Waals surface area contributed by atoms with Gasteiger partial charge in [-0.05, 0) is 110 Å². The van der Waals surface area contributed by atoms with E-state index in [0.29, 0.717) is 11.4 Å². The van der Waals surface area contributed by atoms with Crippen LogP contribution in [0.1, 0.15) is 45.5 Å². The Kier molecular flexibility index (Phi) is 7.37. The molecule has 0 N–H and O–H groups in total. The van der Waals surface area contributed by atoms with Crippen LogP contribution in [0.5, 0.6) is 0 Å². The average molecular weight is 769 g/mol. The van der Waals surface area contributed by atoms with Crippen molar-refractivity contribution in [2.75, 3.05) is 9.80 Å². The number of hydrogen-bond donors (Lipinski definition) is 0. The largest absolute Gasteiger partial charge is 0.274 e. The molecule has 4 fully saturated rings. The van der Waals surface area contributed by atoms with E-state index in [1.165, 1.54) is 9.80 Å². The van der Waals surface area contributed by atoms with Crippen molar-refractivity contribution < 1.29 is 19.2 Å². The van der Waals surface area contributed by atoms with Crippen LogP contribution in [0.25, 0.3) is 0 Å². The molecule has 4 heterocycles. The van der Waals surface area contributed by atoms with Gasteiger partial charge in [-0.15, -0.1) is 0 Å². The first kappa shape index (κ1) is 31.3. The maximum atomic E-state index is 14.7. The van der Waals surface area contributed by atoms with Crippen LogP contribution in [0, 0.1) is 39.5 Å². The van der Waals surface area contributed by atoms with Gasteiger partial charge >= 0.3 is 0 Å². The number of nitrogens with zero attached hydrogens (tertiary/aromatic N) is 4. The molecule has 0 aromatic heterocycles. The van der Waals surface area contributed by atoms with Gasteiger partial charge in [0.05, 0.1) is 35.3 Å². The molecule has 4 aliphatic rings. The molecule has 4 aromatic carbocycles. The van der Waals surface area contributed by atoms with Crippen LogP contribution in [0.15, 0.2) is 93.9 Å². The molecule has 8 rings (SSSR count). The molecular formula is C38H32Br2N4O4. The first-order valence-electron chi connectivity index (χ1n) is 16.0. The zero-order chi connectivity index (χ0) is 33.8. The second kappa shape index (κ2) is 11.3. The van der Waals surface area contributed by atoms with Gasteiger partial charge in [-0.25, -0.2) is 19.8 Å². The highest BCUT2D eigenvalue weighted by molar-refractivity contribution is 9.10. The van der Waals surface area contributed by atoms with Gasteiger partial charge in [-0.1, -0.05) is 68.3 Å². The fraction of sp³-hybridized carbons (Fsp3) is 0.263. The lowest BCUT2D eigenvalue weighted by molar-refractivity contribution is -0.136. The first-order chi connectivity index (χ1) is 23.0. The number of rotatable bonds is 4. The minimum atomic E-state index is -0.914. The summed E-state index contributed by atoms with van der Waals surface area (Å²) in [7, 11) is 0. The Labute approximate surface area is 295 Å². The van der Waals surface area contributed by atoms with E-state index in [1.807, 2.05) is 123 Å². The number of hydrogen-bond acceptors (Lipinski definition) is 6. The summed E-state index contributed by atoms with van der Waals surface area (Å²) >= 11 is 7.06. The molecule has 0 spiro atoms. The molecule has 4 amide bonds. The number of carbonyl (C=O) groups excluding carboxylic acids is 4. The number of fused-ring (bicyclic) bond motifs is 5. The van der Waals surface area contributed by atoms with Gasteiger partial charge in [0.25, 0.3) is 11.8 Å². The van der Waals surface area contributed by atoms with E-state index in [-0.39, 0.29) is 23.6 Å². The van der Waals surface area contributed by atoms with Gasteiger partial charge in [-0.3, -0.25) is 19.2 Å². The van der Waals surface area contributed by atoms with Gasteiger partial charge in [-0.2, -0.15) is 0 Å². The Bertz CT molecular complexity index is 1900.